The van der Waals surface area contributed by atoms with E-state index in [-0.39, 0.29) is 12.1 Å². The number of nitrogens with one attached hydrogen (secondary N) is 1. The standard InChI is InChI=1S/C29H35N7O/c1-18(2)36-24(7-5-6-8-26-32-34-35-33-26)25(37)17-23-29(36)31-28(22-15-11-20(4)12-16-22)27(30-23)21-13-9-19(3)10-14-21/h9-16,18,24-25,37H,5-8,17H2,1-4H3,(H,32,33,34,35). The number of aliphatic hydroxyl groups is 1. The van der Waals surface area contributed by atoms with Crippen molar-refractivity contribution in [3.05, 3.63) is 71.2 Å². The minimum absolute atomic E-state index is 0.0225. The maximum atomic E-state index is 11.3. The summed E-state index contributed by atoms with van der Waals surface area (Å²) in [4.78, 5) is 12.7. The maximum Gasteiger partial charge on any atom is 0.151 e. The summed E-state index contributed by atoms with van der Waals surface area (Å²) in [5.74, 6) is 1.68. The van der Waals surface area contributed by atoms with Gasteiger partial charge in [-0.1, -0.05) is 66.1 Å². The molecule has 4 aromatic rings. The van der Waals surface area contributed by atoms with Gasteiger partial charge in [0.05, 0.1) is 29.2 Å². The van der Waals surface area contributed by atoms with Crippen molar-refractivity contribution in [3.63, 3.8) is 0 Å². The van der Waals surface area contributed by atoms with Gasteiger partial charge in [0.15, 0.2) is 5.82 Å². The molecule has 0 amide bonds. The highest BCUT2D eigenvalue weighted by atomic mass is 16.3. The van der Waals surface area contributed by atoms with E-state index < -0.39 is 6.10 Å². The lowest BCUT2D eigenvalue weighted by Gasteiger charge is -2.43. The Morgan fingerprint density at radius 1 is 0.919 bits per heavy atom. The van der Waals surface area contributed by atoms with Crippen molar-refractivity contribution in [2.24, 2.45) is 0 Å². The van der Waals surface area contributed by atoms with Crippen LogP contribution in [0.2, 0.25) is 0 Å². The summed E-state index contributed by atoms with van der Waals surface area (Å²) in [6, 6.07) is 17.1. The molecule has 5 rings (SSSR count). The second-order valence-corrected chi connectivity index (χ2v) is 10.4. The molecule has 0 fully saturated rings. The number of aromatic nitrogens is 6. The molecule has 2 N–H and O–H groups in total. The predicted octanol–water partition coefficient (Wildman–Crippen LogP) is 4.85. The lowest BCUT2D eigenvalue weighted by atomic mass is 9.92. The summed E-state index contributed by atoms with van der Waals surface area (Å²) in [6.45, 7) is 8.50. The normalized spacial score (nSPS) is 17.3. The van der Waals surface area contributed by atoms with E-state index >= 15 is 0 Å². The van der Waals surface area contributed by atoms with Crippen molar-refractivity contribution in [3.8, 4) is 22.5 Å². The van der Waals surface area contributed by atoms with Crippen molar-refractivity contribution >= 4 is 5.82 Å². The number of fused-ring (bicyclic) bond motifs is 1. The Kier molecular flexibility index (Phi) is 7.28. The van der Waals surface area contributed by atoms with Crippen LogP contribution in [0.3, 0.4) is 0 Å². The van der Waals surface area contributed by atoms with Gasteiger partial charge < -0.3 is 10.0 Å². The van der Waals surface area contributed by atoms with E-state index in [4.69, 9.17) is 9.97 Å². The fourth-order valence-corrected chi connectivity index (χ4v) is 5.20. The number of aromatic amines is 1. The number of hydrogen-bond acceptors (Lipinski definition) is 7. The Hall–Kier alpha value is -3.65. The first-order valence-electron chi connectivity index (χ1n) is 13.1. The summed E-state index contributed by atoms with van der Waals surface area (Å²) in [5.41, 5.74) is 7.08. The van der Waals surface area contributed by atoms with Gasteiger partial charge in [0.2, 0.25) is 0 Å². The van der Waals surface area contributed by atoms with Crippen LogP contribution < -0.4 is 4.90 Å². The SMILES string of the molecule is Cc1ccc(-c2nc3c(nc2-c2ccc(C)cc2)N(C(C)C)C(CCCCc2nnn[nH]2)C(O)C3)cc1. The summed E-state index contributed by atoms with van der Waals surface area (Å²) in [6.07, 6.45) is 3.56. The largest absolute Gasteiger partial charge is 0.391 e. The van der Waals surface area contributed by atoms with E-state index in [1.165, 1.54) is 11.1 Å². The predicted molar refractivity (Wildman–Crippen MR) is 145 cm³/mol. The molecule has 8 nitrogen and oxygen atoms in total. The molecule has 192 valence electrons. The van der Waals surface area contributed by atoms with Crippen LogP contribution in [0.25, 0.3) is 22.5 Å². The molecule has 8 heteroatoms. The molecule has 0 saturated carbocycles. The quantitative estimate of drug-likeness (QED) is 0.335. The van der Waals surface area contributed by atoms with Gasteiger partial charge in [-0.05, 0) is 51.0 Å². The Bertz CT molecular complexity index is 1320. The molecule has 1 aliphatic heterocycles. The van der Waals surface area contributed by atoms with Crippen molar-refractivity contribution in [1.82, 2.24) is 30.6 Å². The molecular formula is C29H35N7O. The second-order valence-electron chi connectivity index (χ2n) is 10.4. The van der Waals surface area contributed by atoms with Crippen LogP contribution in [-0.4, -0.2) is 53.9 Å². The third-order valence-electron chi connectivity index (χ3n) is 7.15. The molecule has 0 saturated heterocycles. The Morgan fingerprint density at radius 3 is 2.11 bits per heavy atom. The van der Waals surface area contributed by atoms with Crippen molar-refractivity contribution in [2.75, 3.05) is 4.90 Å². The number of H-pyrrole nitrogens is 1. The average Bonchev–Trinajstić information content (AvgIpc) is 3.40. The minimum atomic E-state index is -0.507. The van der Waals surface area contributed by atoms with Crippen LogP contribution in [0.15, 0.2) is 48.5 Å². The van der Waals surface area contributed by atoms with Gasteiger partial charge in [-0.2, -0.15) is 0 Å². The van der Waals surface area contributed by atoms with Gasteiger partial charge in [0.1, 0.15) is 5.82 Å². The van der Waals surface area contributed by atoms with E-state index in [0.29, 0.717) is 6.42 Å². The van der Waals surface area contributed by atoms with Gasteiger partial charge in [-0.25, -0.2) is 15.1 Å². The van der Waals surface area contributed by atoms with Crippen LogP contribution in [0.5, 0.6) is 0 Å². The fraction of sp³-hybridized carbons (Fsp3) is 0.414. The summed E-state index contributed by atoms with van der Waals surface area (Å²) >= 11 is 0. The molecule has 2 atom stereocenters. The van der Waals surface area contributed by atoms with E-state index in [1.54, 1.807) is 0 Å². The first kappa shape index (κ1) is 25.0. The van der Waals surface area contributed by atoms with Crippen molar-refractivity contribution in [1.29, 1.82) is 0 Å². The molecule has 3 heterocycles. The fourth-order valence-electron chi connectivity index (χ4n) is 5.20. The number of nitrogens with zero attached hydrogens (tertiary/aromatic N) is 6. The second kappa shape index (κ2) is 10.8. The smallest absolute Gasteiger partial charge is 0.151 e. The molecule has 0 spiro atoms. The number of anilines is 1. The molecule has 1 aliphatic rings. The van der Waals surface area contributed by atoms with Crippen LogP contribution >= 0.6 is 0 Å². The number of unbranched alkanes of at least 4 members (excludes halogenated alkanes) is 1. The number of benzene rings is 2. The van der Waals surface area contributed by atoms with Gasteiger partial charge in [0, 0.05) is 30.0 Å². The third kappa shape index (κ3) is 5.39. The van der Waals surface area contributed by atoms with Crippen molar-refractivity contribution in [2.45, 2.75) is 78.0 Å². The van der Waals surface area contributed by atoms with Crippen LogP contribution in [0.4, 0.5) is 5.82 Å². The lowest BCUT2D eigenvalue weighted by Crippen LogP contribution is -2.52. The number of aryl methyl sites for hydroxylation is 3. The molecule has 37 heavy (non-hydrogen) atoms. The zero-order valence-corrected chi connectivity index (χ0v) is 22.0. The number of aliphatic hydroxyl groups excluding tert-OH is 1. The van der Waals surface area contributed by atoms with Gasteiger partial charge in [0.25, 0.3) is 0 Å². The Morgan fingerprint density at radius 2 is 1.54 bits per heavy atom. The molecule has 2 aromatic heterocycles. The molecular weight excluding hydrogens is 462 g/mol. The summed E-state index contributed by atoms with van der Waals surface area (Å²) in [7, 11) is 0. The first-order valence-corrected chi connectivity index (χ1v) is 13.1. The van der Waals surface area contributed by atoms with Crippen LogP contribution in [0.1, 0.15) is 55.8 Å². The Balaban J connectivity index is 1.51. The number of tetrazole rings is 1. The van der Waals surface area contributed by atoms with Crippen LogP contribution in [0, 0.1) is 13.8 Å². The maximum absolute atomic E-state index is 11.3. The minimum Gasteiger partial charge on any atom is -0.391 e. The zero-order valence-electron chi connectivity index (χ0n) is 22.0. The Labute approximate surface area is 218 Å². The number of rotatable bonds is 8. The highest BCUT2D eigenvalue weighted by Gasteiger charge is 2.37. The third-order valence-corrected chi connectivity index (χ3v) is 7.15. The topological polar surface area (TPSA) is 104 Å². The van der Waals surface area contributed by atoms with Crippen LogP contribution in [-0.2, 0) is 12.8 Å². The lowest BCUT2D eigenvalue weighted by molar-refractivity contribution is 0.123. The first-order chi connectivity index (χ1) is 17.9. The van der Waals surface area contributed by atoms with E-state index in [1.807, 2.05) is 0 Å². The molecule has 0 aliphatic carbocycles. The van der Waals surface area contributed by atoms with E-state index in [9.17, 15) is 5.11 Å². The zero-order chi connectivity index (χ0) is 25.9. The van der Waals surface area contributed by atoms with Gasteiger partial charge in [-0.15, -0.1) is 5.10 Å². The molecule has 2 aromatic carbocycles. The van der Waals surface area contributed by atoms with E-state index in [2.05, 4.69) is 102 Å². The number of hydrogen-bond donors (Lipinski definition) is 2. The molecule has 2 unspecified atom stereocenters. The van der Waals surface area contributed by atoms with E-state index in [0.717, 1.165) is 65.5 Å². The summed E-state index contributed by atoms with van der Waals surface area (Å²) in [5, 5.41) is 25.4. The van der Waals surface area contributed by atoms with Crippen molar-refractivity contribution < 1.29 is 5.11 Å². The monoisotopic (exact) mass is 497 g/mol. The van der Waals surface area contributed by atoms with Gasteiger partial charge >= 0.3 is 0 Å². The highest BCUT2D eigenvalue weighted by molar-refractivity contribution is 5.80. The molecule has 0 bridgehead atoms. The highest BCUT2D eigenvalue weighted by Crippen LogP contribution is 2.38. The van der Waals surface area contributed by atoms with Gasteiger partial charge in [-0.3, -0.25) is 0 Å². The molecule has 0 radical (unpaired) electrons. The summed E-state index contributed by atoms with van der Waals surface area (Å²) < 4.78 is 0. The average molecular weight is 498 g/mol.